The zero-order chi connectivity index (χ0) is 22.8. The number of halogens is 3. The van der Waals surface area contributed by atoms with E-state index in [-0.39, 0.29) is 11.3 Å². The number of pyridine rings is 1. The van der Waals surface area contributed by atoms with E-state index in [1.807, 2.05) is 6.07 Å². The molecular weight excluding hydrogens is 435 g/mol. The number of carbonyl (C=O) groups excluding carboxylic acids is 1. The first-order chi connectivity index (χ1) is 14.4. The maximum atomic E-state index is 13.2. The summed E-state index contributed by atoms with van der Waals surface area (Å²) < 4.78 is 64.8. The predicted molar refractivity (Wildman–Crippen MR) is 103 cm³/mol. The van der Waals surface area contributed by atoms with Gasteiger partial charge in [0, 0.05) is 34.0 Å². The van der Waals surface area contributed by atoms with Crippen LogP contribution in [0, 0.1) is 11.3 Å². The molecule has 0 saturated carbocycles. The van der Waals surface area contributed by atoms with Crippen molar-refractivity contribution in [3.63, 3.8) is 0 Å². The molecule has 2 aliphatic rings. The van der Waals surface area contributed by atoms with Crippen molar-refractivity contribution in [3.05, 3.63) is 63.6 Å². The molecule has 2 aromatic rings. The smallest absolute Gasteiger partial charge is 0.357 e. The molecule has 4 rings (SSSR count). The third kappa shape index (κ3) is 3.14. The number of hydrogen-bond acceptors (Lipinski definition) is 6. The van der Waals surface area contributed by atoms with E-state index >= 15 is 0 Å². The van der Waals surface area contributed by atoms with E-state index < -0.39 is 32.7 Å². The minimum absolute atomic E-state index is 0.0799. The molecule has 0 spiro atoms. The maximum Gasteiger partial charge on any atom is 0.534 e. The van der Waals surface area contributed by atoms with Crippen LogP contribution in [0.25, 0.3) is 6.08 Å². The van der Waals surface area contributed by atoms with Gasteiger partial charge in [0.05, 0.1) is 17.3 Å². The second-order valence-electron chi connectivity index (χ2n) is 7.57. The summed E-state index contributed by atoms with van der Waals surface area (Å²) in [5.41, 5.74) is -3.84. The Balaban J connectivity index is 1.86. The molecule has 2 aromatic heterocycles. The monoisotopic (exact) mass is 449 g/mol. The van der Waals surface area contributed by atoms with E-state index in [4.69, 9.17) is 0 Å². The molecule has 0 unspecified atom stereocenters. The van der Waals surface area contributed by atoms with Gasteiger partial charge in [-0.3, -0.25) is 4.79 Å². The average molecular weight is 449 g/mol. The largest absolute Gasteiger partial charge is 0.534 e. The molecule has 0 aliphatic heterocycles. The molecule has 31 heavy (non-hydrogen) atoms. The number of aromatic amines is 1. The molecule has 0 radical (unpaired) electrons. The highest BCUT2D eigenvalue weighted by molar-refractivity contribution is 7.87. The van der Waals surface area contributed by atoms with Gasteiger partial charge in [-0.05, 0) is 44.1 Å². The van der Waals surface area contributed by atoms with E-state index in [9.17, 15) is 31.6 Å². The van der Waals surface area contributed by atoms with Crippen molar-refractivity contribution < 1.29 is 30.6 Å². The molecule has 2 heterocycles. The van der Waals surface area contributed by atoms with Crippen LogP contribution in [0.4, 0.5) is 13.2 Å². The van der Waals surface area contributed by atoms with Gasteiger partial charge in [0.15, 0.2) is 5.78 Å². The minimum Gasteiger partial charge on any atom is -0.357 e. The Hall–Kier alpha value is -3.39. The first kappa shape index (κ1) is 20.9. The molecular formula is C20H14F3N3O4S. The lowest BCUT2D eigenvalue weighted by Crippen LogP contribution is -2.33. The Bertz CT molecular complexity index is 1340. The molecule has 0 amide bonds. The number of hydrogen-bond donors (Lipinski definition) is 1. The van der Waals surface area contributed by atoms with Crippen molar-refractivity contribution in [2.45, 2.75) is 31.2 Å². The average Bonchev–Trinajstić information content (AvgIpc) is 2.91. The summed E-state index contributed by atoms with van der Waals surface area (Å²) in [5, 5.41) is 9.22. The number of rotatable bonds is 2. The molecule has 0 fully saturated rings. The Morgan fingerprint density at radius 1 is 1.29 bits per heavy atom. The van der Waals surface area contributed by atoms with Crippen molar-refractivity contribution in [1.29, 1.82) is 5.26 Å². The van der Waals surface area contributed by atoms with Crippen LogP contribution in [0.15, 0.2) is 29.9 Å². The van der Waals surface area contributed by atoms with Gasteiger partial charge in [0.1, 0.15) is 0 Å². The summed E-state index contributed by atoms with van der Waals surface area (Å²) in [6, 6.07) is 4.17. The van der Waals surface area contributed by atoms with Gasteiger partial charge >= 0.3 is 15.6 Å². The van der Waals surface area contributed by atoms with E-state index in [0.717, 1.165) is 6.07 Å². The molecule has 0 atom stereocenters. The third-order valence-electron chi connectivity index (χ3n) is 5.22. The molecule has 1 N–H and O–H groups in total. The topological polar surface area (TPSA) is 113 Å². The summed E-state index contributed by atoms with van der Waals surface area (Å²) in [4.78, 5) is 20.3. The van der Waals surface area contributed by atoms with Crippen LogP contribution >= 0.6 is 0 Å². The molecule has 2 aliphatic carbocycles. The lowest BCUT2D eigenvalue weighted by Gasteiger charge is -2.31. The zero-order valence-corrected chi connectivity index (χ0v) is 17.0. The summed E-state index contributed by atoms with van der Waals surface area (Å²) in [7, 11) is -5.91. The van der Waals surface area contributed by atoms with Crippen LogP contribution in [0.3, 0.4) is 0 Å². The number of nitrogens with one attached hydrogen (secondary N) is 1. The van der Waals surface area contributed by atoms with Crippen molar-refractivity contribution in [1.82, 2.24) is 9.97 Å². The number of nitrogens with zero attached hydrogens (tertiary/aromatic N) is 2. The number of allylic oxidation sites excluding steroid dienone is 3. The van der Waals surface area contributed by atoms with E-state index in [0.29, 0.717) is 34.5 Å². The second kappa shape index (κ2) is 6.55. The maximum absolute atomic E-state index is 13.2. The molecule has 0 bridgehead atoms. The minimum atomic E-state index is -5.91. The number of alkyl halides is 3. The van der Waals surface area contributed by atoms with Crippen molar-refractivity contribution in [2.24, 2.45) is 0 Å². The van der Waals surface area contributed by atoms with Crippen molar-refractivity contribution in [2.75, 3.05) is 0 Å². The number of ketones is 1. The number of H-pyrrole nitrogens is 1. The number of carbonyl (C=O) groups is 1. The summed E-state index contributed by atoms with van der Waals surface area (Å²) >= 11 is 0. The first-order valence-electron chi connectivity index (χ1n) is 8.97. The highest BCUT2D eigenvalue weighted by Crippen LogP contribution is 2.43. The standard InChI is InChI=1S/C20H14F3N3O4S/c1-19(2)17-12(6-7-14(26-17)30-31(28,29)20(21,22)23)16(27)15-11-5-3-4-10(9-24)8-13(11)25-18(15)19/h3-4,6-8,25H,5H2,1-2H3. The molecule has 0 saturated heterocycles. The SMILES string of the molecule is CC1(C)c2nc(OS(=O)(=O)C(F)(F)F)ccc2C(=O)c2c1[nH]c1c2CC=CC(C#N)=C1. The molecule has 11 heteroatoms. The van der Waals surface area contributed by atoms with Crippen LogP contribution in [-0.2, 0) is 22.0 Å². The fourth-order valence-electron chi connectivity index (χ4n) is 3.75. The Labute approximate surface area is 175 Å². The van der Waals surface area contributed by atoms with Gasteiger partial charge in [0.2, 0.25) is 5.88 Å². The van der Waals surface area contributed by atoms with E-state index in [1.165, 1.54) is 6.07 Å². The highest BCUT2D eigenvalue weighted by atomic mass is 32.2. The molecule has 7 nitrogen and oxygen atoms in total. The van der Waals surface area contributed by atoms with Crippen LogP contribution in [-0.4, -0.2) is 29.7 Å². The number of fused-ring (bicyclic) bond motifs is 4. The van der Waals surface area contributed by atoms with Gasteiger partial charge in [-0.25, -0.2) is 4.98 Å². The number of aromatic nitrogens is 2. The van der Waals surface area contributed by atoms with Crippen molar-refractivity contribution >= 4 is 22.0 Å². The van der Waals surface area contributed by atoms with E-state index in [2.05, 4.69) is 14.2 Å². The van der Waals surface area contributed by atoms with Gasteiger partial charge in [-0.1, -0.05) is 6.08 Å². The fraction of sp³-hybridized carbons (Fsp3) is 0.250. The van der Waals surface area contributed by atoms with Gasteiger partial charge in [0.25, 0.3) is 0 Å². The first-order valence-corrected chi connectivity index (χ1v) is 10.4. The predicted octanol–water partition coefficient (Wildman–Crippen LogP) is 3.53. The Kier molecular flexibility index (Phi) is 4.41. The quantitative estimate of drug-likeness (QED) is 0.554. The third-order valence-corrected chi connectivity index (χ3v) is 6.18. The summed E-state index contributed by atoms with van der Waals surface area (Å²) in [6.07, 6.45) is 5.43. The van der Waals surface area contributed by atoms with Crippen LogP contribution in [0.1, 0.15) is 52.4 Å². The lowest BCUT2D eigenvalue weighted by atomic mass is 9.73. The summed E-state index contributed by atoms with van der Waals surface area (Å²) in [5.74, 6) is -1.19. The summed E-state index contributed by atoms with van der Waals surface area (Å²) in [6.45, 7) is 3.40. The van der Waals surface area contributed by atoms with Crippen LogP contribution in [0.5, 0.6) is 5.88 Å². The second-order valence-corrected chi connectivity index (χ2v) is 9.11. The van der Waals surface area contributed by atoms with Crippen LogP contribution < -0.4 is 4.18 Å². The lowest BCUT2D eigenvalue weighted by molar-refractivity contribution is -0.0501. The normalized spacial score (nSPS) is 17.0. The van der Waals surface area contributed by atoms with Gasteiger partial charge in [-0.2, -0.15) is 26.9 Å². The molecule has 160 valence electrons. The molecule has 0 aromatic carbocycles. The van der Waals surface area contributed by atoms with E-state index in [1.54, 1.807) is 32.1 Å². The van der Waals surface area contributed by atoms with Gasteiger partial charge in [-0.15, -0.1) is 0 Å². The fourth-order valence-corrected chi connectivity index (χ4v) is 4.16. The zero-order valence-electron chi connectivity index (χ0n) is 16.2. The number of nitriles is 1. The van der Waals surface area contributed by atoms with Crippen molar-refractivity contribution in [3.8, 4) is 11.9 Å². The van der Waals surface area contributed by atoms with Gasteiger partial charge < -0.3 is 9.17 Å². The van der Waals surface area contributed by atoms with Crippen LogP contribution in [0.2, 0.25) is 0 Å². The highest BCUT2D eigenvalue weighted by Gasteiger charge is 2.49. The Morgan fingerprint density at radius 2 is 2.00 bits per heavy atom. The Morgan fingerprint density at radius 3 is 2.65 bits per heavy atom.